The molecule has 9 heteroatoms. The van der Waals surface area contributed by atoms with Crippen LogP contribution in [0.1, 0.15) is 13.3 Å². The molecule has 0 bridgehead atoms. The Hall–Kier alpha value is -2.32. The molecule has 2 aliphatic heterocycles. The summed E-state index contributed by atoms with van der Waals surface area (Å²) in [6, 6.07) is 4.33. The van der Waals surface area contributed by atoms with Crippen molar-refractivity contribution in [3.05, 3.63) is 29.3 Å². The van der Waals surface area contributed by atoms with Gasteiger partial charge in [-0.1, -0.05) is 11.6 Å². The number of benzene rings is 1. The summed E-state index contributed by atoms with van der Waals surface area (Å²) in [7, 11) is 0. The number of carbonyl (C=O) groups excluding carboxylic acids is 3. The number of rotatable bonds is 3. The fourth-order valence-electron chi connectivity index (χ4n) is 3.14. The second-order valence-electron chi connectivity index (χ2n) is 6.27. The molecule has 25 heavy (non-hydrogen) atoms. The number of fused-ring (bicyclic) bond motifs is 1. The number of hydrogen-bond donors (Lipinski definition) is 4. The van der Waals surface area contributed by atoms with Crippen LogP contribution in [0.3, 0.4) is 0 Å². The van der Waals surface area contributed by atoms with E-state index in [-0.39, 0.29) is 24.4 Å². The van der Waals surface area contributed by atoms with Crippen molar-refractivity contribution in [2.24, 2.45) is 0 Å². The van der Waals surface area contributed by atoms with Gasteiger partial charge in [-0.15, -0.1) is 0 Å². The van der Waals surface area contributed by atoms with Crippen LogP contribution in [0.15, 0.2) is 24.3 Å². The minimum atomic E-state index is -0.974. The van der Waals surface area contributed by atoms with Crippen LogP contribution >= 0.6 is 11.6 Å². The first kappa shape index (κ1) is 17.5. The molecule has 4 N–H and O–H groups in total. The molecule has 4 amide bonds. The summed E-state index contributed by atoms with van der Waals surface area (Å²) in [6.45, 7) is 1.68. The van der Waals surface area contributed by atoms with E-state index in [1.165, 1.54) is 11.8 Å². The quantitative estimate of drug-likeness (QED) is 0.617. The molecule has 4 atom stereocenters. The average Bonchev–Trinajstić information content (AvgIpc) is 2.97. The zero-order chi connectivity index (χ0) is 18.1. The van der Waals surface area contributed by atoms with Gasteiger partial charge in [0.2, 0.25) is 11.8 Å². The Bertz CT molecular complexity index is 694. The molecule has 0 aromatic heterocycles. The van der Waals surface area contributed by atoms with Crippen LogP contribution in [-0.4, -0.2) is 58.6 Å². The maximum atomic E-state index is 12.4. The second-order valence-corrected chi connectivity index (χ2v) is 6.71. The predicted octanol–water partition coefficient (Wildman–Crippen LogP) is 0.310. The standard InChI is InChI=1S/C16H19ClN4O4/c1-8(22)13-15(24)21-7-11(6-12(21)14(23)20-13)19-16(25)18-10-4-2-9(17)3-5-10/h2-5,8,11-13,22H,6-7H2,1H3,(H,20,23)(H2,18,19,25)/t8-,11-,12-,13+/m0/s1. The number of aliphatic hydroxyl groups excluding tert-OH is 1. The smallest absolute Gasteiger partial charge is 0.319 e. The van der Waals surface area contributed by atoms with Gasteiger partial charge < -0.3 is 26.0 Å². The van der Waals surface area contributed by atoms with Crippen LogP contribution in [-0.2, 0) is 9.59 Å². The van der Waals surface area contributed by atoms with Gasteiger partial charge in [-0.25, -0.2) is 4.79 Å². The van der Waals surface area contributed by atoms with Gasteiger partial charge in [0, 0.05) is 17.3 Å². The molecule has 0 saturated carbocycles. The van der Waals surface area contributed by atoms with E-state index in [4.69, 9.17) is 11.6 Å². The molecular weight excluding hydrogens is 348 g/mol. The molecule has 2 heterocycles. The number of nitrogens with one attached hydrogen (secondary N) is 3. The zero-order valence-electron chi connectivity index (χ0n) is 13.5. The molecule has 0 spiro atoms. The fourth-order valence-corrected chi connectivity index (χ4v) is 3.26. The van der Waals surface area contributed by atoms with Crippen LogP contribution in [0.5, 0.6) is 0 Å². The molecule has 0 radical (unpaired) electrons. The summed E-state index contributed by atoms with van der Waals surface area (Å²) in [6.07, 6.45) is -0.643. The van der Waals surface area contributed by atoms with Gasteiger partial charge in [0.1, 0.15) is 12.1 Å². The first-order chi connectivity index (χ1) is 11.8. The molecule has 8 nitrogen and oxygen atoms in total. The van der Waals surface area contributed by atoms with E-state index in [2.05, 4.69) is 16.0 Å². The maximum absolute atomic E-state index is 12.4. The predicted molar refractivity (Wildman–Crippen MR) is 91.1 cm³/mol. The van der Waals surface area contributed by atoms with Crippen molar-refractivity contribution < 1.29 is 19.5 Å². The molecule has 134 valence electrons. The molecule has 2 aliphatic rings. The Morgan fingerprint density at radius 2 is 2.04 bits per heavy atom. The summed E-state index contributed by atoms with van der Waals surface area (Å²) < 4.78 is 0. The summed E-state index contributed by atoms with van der Waals surface area (Å²) in [4.78, 5) is 38.0. The van der Waals surface area contributed by atoms with Gasteiger partial charge in [0.25, 0.3) is 0 Å². The molecular formula is C16H19ClN4O4. The van der Waals surface area contributed by atoms with E-state index in [0.29, 0.717) is 17.1 Å². The van der Waals surface area contributed by atoms with Gasteiger partial charge in [-0.3, -0.25) is 9.59 Å². The largest absolute Gasteiger partial charge is 0.391 e. The van der Waals surface area contributed by atoms with Crippen molar-refractivity contribution in [1.29, 1.82) is 0 Å². The number of carbonyl (C=O) groups is 3. The third kappa shape index (κ3) is 3.69. The van der Waals surface area contributed by atoms with Crippen LogP contribution < -0.4 is 16.0 Å². The monoisotopic (exact) mass is 366 g/mol. The summed E-state index contributed by atoms with van der Waals surface area (Å²) in [5.74, 6) is -0.644. The number of hydrogen-bond acceptors (Lipinski definition) is 4. The lowest BCUT2D eigenvalue weighted by molar-refractivity contribution is -0.149. The van der Waals surface area contributed by atoms with E-state index >= 15 is 0 Å². The normalized spacial score (nSPS) is 26.7. The number of amides is 4. The molecule has 1 aromatic rings. The molecule has 2 fully saturated rings. The highest BCUT2D eigenvalue weighted by atomic mass is 35.5. The lowest BCUT2D eigenvalue weighted by Gasteiger charge is -2.35. The van der Waals surface area contributed by atoms with Gasteiger partial charge in [0.05, 0.1) is 12.1 Å². The van der Waals surface area contributed by atoms with E-state index in [0.717, 1.165) is 0 Å². The third-order valence-electron chi connectivity index (χ3n) is 4.37. The average molecular weight is 367 g/mol. The van der Waals surface area contributed by atoms with E-state index < -0.39 is 24.2 Å². The summed E-state index contributed by atoms with van der Waals surface area (Å²) in [5, 5.41) is 18.2. The number of piperazine rings is 1. The second kappa shape index (κ2) is 6.89. The molecule has 0 unspecified atom stereocenters. The van der Waals surface area contributed by atoms with Gasteiger partial charge >= 0.3 is 6.03 Å². The van der Waals surface area contributed by atoms with Crippen LogP contribution in [0, 0.1) is 0 Å². The minimum absolute atomic E-state index is 0.230. The zero-order valence-corrected chi connectivity index (χ0v) is 14.3. The van der Waals surface area contributed by atoms with Crippen LogP contribution in [0.2, 0.25) is 5.02 Å². The van der Waals surface area contributed by atoms with Crippen LogP contribution in [0.4, 0.5) is 10.5 Å². The number of anilines is 1. The summed E-state index contributed by atoms with van der Waals surface area (Å²) in [5.41, 5.74) is 0.584. The van der Waals surface area contributed by atoms with Crippen LogP contribution in [0.25, 0.3) is 0 Å². The highest BCUT2D eigenvalue weighted by Gasteiger charge is 2.47. The Morgan fingerprint density at radius 3 is 2.68 bits per heavy atom. The maximum Gasteiger partial charge on any atom is 0.319 e. The van der Waals surface area contributed by atoms with E-state index in [1.807, 2.05) is 0 Å². The van der Waals surface area contributed by atoms with Gasteiger partial charge in [0.15, 0.2) is 0 Å². The molecule has 3 rings (SSSR count). The van der Waals surface area contributed by atoms with Crippen molar-refractivity contribution in [3.63, 3.8) is 0 Å². The van der Waals surface area contributed by atoms with Crippen molar-refractivity contribution in [1.82, 2.24) is 15.5 Å². The Labute approximate surface area is 149 Å². The summed E-state index contributed by atoms with van der Waals surface area (Å²) >= 11 is 5.80. The minimum Gasteiger partial charge on any atom is -0.391 e. The molecule has 2 saturated heterocycles. The lowest BCUT2D eigenvalue weighted by Crippen LogP contribution is -2.64. The number of halogens is 1. The number of urea groups is 1. The highest BCUT2D eigenvalue weighted by Crippen LogP contribution is 2.24. The topological polar surface area (TPSA) is 111 Å². The molecule has 1 aromatic carbocycles. The SMILES string of the molecule is C[C@H](O)[C@H]1NC(=O)[C@@H]2C[C@H](NC(=O)Nc3ccc(Cl)cc3)CN2C1=O. The van der Waals surface area contributed by atoms with Gasteiger partial charge in [-0.05, 0) is 37.6 Å². The first-order valence-corrected chi connectivity index (χ1v) is 8.35. The Morgan fingerprint density at radius 1 is 1.36 bits per heavy atom. The first-order valence-electron chi connectivity index (χ1n) is 7.97. The highest BCUT2D eigenvalue weighted by molar-refractivity contribution is 6.30. The van der Waals surface area contributed by atoms with E-state index in [1.54, 1.807) is 24.3 Å². The van der Waals surface area contributed by atoms with Crippen molar-refractivity contribution >= 4 is 35.1 Å². The number of aliphatic hydroxyl groups is 1. The molecule has 0 aliphatic carbocycles. The Kier molecular flexibility index (Phi) is 4.82. The van der Waals surface area contributed by atoms with Crippen molar-refractivity contribution in [3.8, 4) is 0 Å². The van der Waals surface area contributed by atoms with Crippen molar-refractivity contribution in [2.45, 2.75) is 37.6 Å². The lowest BCUT2D eigenvalue weighted by atomic mass is 10.0. The van der Waals surface area contributed by atoms with Gasteiger partial charge in [-0.2, -0.15) is 0 Å². The fraction of sp³-hybridized carbons (Fsp3) is 0.438. The third-order valence-corrected chi connectivity index (χ3v) is 4.62. The van der Waals surface area contributed by atoms with Crippen molar-refractivity contribution in [2.75, 3.05) is 11.9 Å². The van der Waals surface area contributed by atoms with E-state index in [9.17, 15) is 19.5 Å². The Balaban J connectivity index is 1.60. The number of nitrogens with zero attached hydrogens (tertiary/aromatic N) is 1.